The van der Waals surface area contributed by atoms with Crippen molar-refractivity contribution in [2.75, 3.05) is 6.67 Å². The van der Waals surface area contributed by atoms with Gasteiger partial charge in [-0.15, -0.1) is 0 Å². The highest BCUT2D eigenvalue weighted by molar-refractivity contribution is 5.95. The van der Waals surface area contributed by atoms with Crippen LogP contribution in [-0.4, -0.2) is 34.6 Å². The molecule has 1 aliphatic carbocycles. The number of amidine groups is 1. The highest BCUT2D eigenvalue weighted by atomic mass is 19.1. The van der Waals surface area contributed by atoms with Crippen LogP contribution in [0.15, 0.2) is 35.6 Å². The average Bonchev–Trinajstić information content (AvgIpc) is 3.48. The molecule has 1 saturated carbocycles. The van der Waals surface area contributed by atoms with E-state index < -0.39 is 18.2 Å². The summed E-state index contributed by atoms with van der Waals surface area (Å²) in [6.45, 7) is -0.953. The number of rotatable bonds is 5. The zero-order valence-corrected chi connectivity index (χ0v) is 14.6. The lowest BCUT2D eigenvalue weighted by molar-refractivity contribution is 0.0988. The number of fused-ring (bicyclic) bond motifs is 1. The fourth-order valence-corrected chi connectivity index (χ4v) is 3.52. The molecule has 4 rings (SSSR count). The van der Waals surface area contributed by atoms with E-state index in [-0.39, 0.29) is 41.5 Å². The van der Waals surface area contributed by atoms with Gasteiger partial charge in [0, 0.05) is 30.3 Å². The maximum atomic E-state index is 14.5. The normalized spacial score (nSPS) is 25.1. The van der Waals surface area contributed by atoms with Crippen LogP contribution in [0.1, 0.15) is 33.6 Å². The number of alkyl halides is 1. The van der Waals surface area contributed by atoms with Crippen LogP contribution in [0.2, 0.25) is 0 Å². The van der Waals surface area contributed by atoms with Crippen molar-refractivity contribution in [2.45, 2.75) is 24.5 Å². The van der Waals surface area contributed by atoms with Gasteiger partial charge in [0.05, 0.1) is 5.56 Å². The number of nitriles is 1. The van der Waals surface area contributed by atoms with Gasteiger partial charge in [-0.05, 0) is 30.2 Å². The minimum Gasteiger partial charge on any atom is -0.462 e. The van der Waals surface area contributed by atoms with E-state index in [1.54, 1.807) is 0 Å². The van der Waals surface area contributed by atoms with E-state index in [1.165, 1.54) is 30.6 Å². The Hall–Kier alpha value is -3.41. The Bertz CT molecular complexity index is 1020. The van der Waals surface area contributed by atoms with Crippen molar-refractivity contribution in [3.8, 4) is 6.07 Å². The lowest BCUT2D eigenvalue weighted by atomic mass is 9.85. The fraction of sp³-hybridized carbons (Fsp3) is 0.316. The second-order valence-electron chi connectivity index (χ2n) is 6.83. The molecule has 3 atom stereocenters. The molecule has 142 valence electrons. The van der Waals surface area contributed by atoms with Crippen LogP contribution in [0.25, 0.3) is 0 Å². The Morgan fingerprint density at radius 2 is 2.21 bits per heavy atom. The summed E-state index contributed by atoms with van der Waals surface area (Å²) in [7, 11) is 0. The molecule has 2 N–H and O–H groups in total. The third-order valence-electron chi connectivity index (χ3n) is 5.04. The lowest BCUT2D eigenvalue weighted by Crippen LogP contribution is -2.40. The molecule has 0 saturated heterocycles. The number of Topliss-reactive ketones (excluding diaryl/α,β-unsaturated/α-hetero) is 1. The van der Waals surface area contributed by atoms with Gasteiger partial charge in [0.1, 0.15) is 30.1 Å². The number of aliphatic imine (C=N–C) groups is 1. The number of aromatic nitrogens is 2. The van der Waals surface area contributed by atoms with Gasteiger partial charge in [-0.3, -0.25) is 9.78 Å². The number of nitrogens with zero attached hydrogens (tertiary/aromatic N) is 4. The van der Waals surface area contributed by atoms with Crippen LogP contribution in [0.5, 0.6) is 0 Å². The minimum atomic E-state index is -1.49. The Labute approximate surface area is 158 Å². The third kappa shape index (κ3) is 2.97. The number of ketones is 1. The number of halogens is 2. The molecule has 9 heteroatoms. The number of hydrogen-bond donors (Lipinski definition) is 1. The molecule has 0 radical (unpaired) electrons. The highest BCUT2D eigenvalue weighted by Crippen LogP contribution is 2.53. The van der Waals surface area contributed by atoms with Crippen molar-refractivity contribution >= 4 is 11.8 Å². The molecule has 2 aromatic heterocycles. The molecular weight excluding hydrogens is 368 g/mol. The van der Waals surface area contributed by atoms with Gasteiger partial charge in [0.25, 0.3) is 6.02 Å². The number of ether oxygens (including phenoxy) is 1. The van der Waals surface area contributed by atoms with Gasteiger partial charge in [-0.25, -0.2) is 14.4 Å². The largest absolute Gasteiger partial charge is 0.462 e. The Morgan fingerprint density at radius 3 is 2.89 bits per heavy atom. The smallest absolute Gasteiger partial charge is 0.283 e. The summed E-state index contributed by atoms with van der Waals surface area (Å²) in [5, 5.41) is 8.80. The first-order valence-electron chi connectivity index (χ1n) is 8.59. The molecule has 1 aliphatic heterocycles. The van der Waals surface area contributed by atoms with Crippen molar-refractivity contribution in [2.24, 2.45) is 16.6 Å². The minimum absolute atomic E-state index is 0.0353. The van der Waals surface area contributed by atoms with Crippen LogP contribution < -0.4 is 5.73 Å². The first-order chi connectivity index (χ1) is 13.5. The van der Waals surface area contributed by atoms with E-state index in [0.29, 0.717) is 17.5 Å². The molecule has 0 bridgehead atoms. The zero-order valence-electron chi connectivity index (χ0n) is 14.6. The molecule has 0 aromatic carbocycles. The molecule has 0 unspecified atom stereocenters. The number of hydrogen-bond acceptors (Lipinski definition) is 7. The van der Waals surface area contributed by atoms with Gasteiger partial charge in [-0.2, -0.15) is 9.65 Å². The third-order valence-corrected chi connectivity index (χ3v) is 5.04. The molecule has 0 spiro atoms. The van der Waals surface area contributed by atoms with Crippen molar-refractivity contribution in [1.82, 2.24) is 9.97 Å². The fourth-order valence-electron chi connectivity index (χ4n) is 3.52. The molecule has 2 aliphatic rings. The van der Waals surface area contributed by atoms with Crippen molar-refractivity contribution in [3.63, 3.8) is 0 Å². The Kier molecular flexibility index (Phi) is 4.26. The van der Waals surface area contributed by atoms with E-state index >= 15 is 0 Å². The van der Waals surface area contributed by atoms with Crippen molar-refractivity contribution in [3.05, 3.63) is 58.9 Å². The molecule has 0 amide bonds. The quantitative estimate of drug-likeness (QED) is 0.622. The molecule has 3 heterocycles. The average molecular weight is 383 g/mol. The molecule has 28 heavy (non-hydrogen) atoms. The van der Waals surface area contributed by atoms with Gasteiger partial charge in [-0.1, -0.05) is 0 Å². The number of nitrogens with two attached hydrogens (primary N) is 1. The molecule has 1 fully saturated rings. The summed E-state index contributed by atoms with van der Waals surface area (Å²) in [4.78, 5) is 24.2. The van der Waals surface area contributed by atoms with E-state index in [0.717, 1.165) is 0 Å². The van der Waals surface area contributed by atoms with E-state index in [1.807, 2.05) is 6.07 Å². The zero-order chi connectivity index (χ0) is 19.9. The summed E-state index contributed by atoms with van der Waals surface area (Å²) in [5.74, 6) is -1.51. The van der Waals surface area contributed by atoms with Gasteiger partial charge < -0.3 is 10.5 Å². The van der Waals surface area contributed by atoms with Crippen LogP contribution in [0.4, 0.5) is 8.78 Å². The maximum Gasteiger partial charge on any atom is 0.283 e. The SMILES string of the molecule is N#Cc1ccc(C(=O)Cc2cnc(F)c([C@@]3(CF)N=C(N)O[C@@H]4C[C@@H]43)c2)nc1. The number of carbonyl (C=O) groups excluding carboxylic acids is 1. The Morgan fingerprint density at radius 1 is 1.39 bits per heavy atom. The Balaban J connectivity index is 1.65. The summed E-state index contributed by atoms with van der Waals surface area (Å²) >= 11 is 0. The van der Waals surface area contributed by atoms with Crippen molar-refractivity contribution in [1.29, 1.82) is 5.26 Å². The standard InChI is InChI=1S/C19H15F2N5O2/c20-9-19(12-5-16(12)28-18(23)26-19)13-3-11(8-25-17(13)21)4-15(27)14-2-1-10(6-22)7-24-14/h1-3,7-8,12,16H,4-5,9H2,(H2,23,26)/t12-,16+,19-/m0/s1. The van der Waals surface area contributed by atoms with Gasteiger partial charge in [0.15, 0.2) is 5.78 Å². The van der Waals surface area contributed by atoms with Gasteiger partial charge >= 0.3 is 0 Å². The lowest BCUT2D eigenvalue weighted by Gasteiger charge is -2.31. The molecule has 2 aromatic rings. The number of pyridine rings is 2. The van der Waals surface area contributed by atoms with Crippen LogP contribution in [0.3, 0.4) is 0 Å². The summed E-state index contributed by atoms with van der Waals surface area (Å²) < 4.78 is 33.8. The van der Waals surface area contributed by atoms with Crippen LogP contribution in [-0.2, 0) is 16.7 Å². The second-order valence-corrected chi connectivity index (χ2v) is 6.83. The summed E-state index contributed by atoms with van der Waals surface area (Å²) in [5.41, 5.74) is 5.02. The van der Waals surface area contributed by atoms with E-state index in [9.17, 15) is 13.6 Å². The first kappa shape index (κ1) is 18.0. The van der Waals surface area contributed by atoms with Crippen LogP contribution >= 0.6 is 0 Å². The molecular formula is C19H15F2N5O2. The maximum absolute atomic E-state index is 14.5. The predicted molar refractivity (Wildman–Crippen MR) is 93.4 cm³/mol. The highest BCUT2D eigenvalue weighted by Gasteiger charge is 2.60. The van der Waals surface area contributed by atoms with Gasteiger partial charge in [0.2, 0.25) is 5.95 Å². The first-order valence-corrected chi connectivity index (χ1v) is 8.59. The summed E-state index contributed by atoms with van der Waals surface area (Å²) in [6.07, 6.45) is 2.65. The monoisotopic (exact) mass is 383 g/mol. The molecule has 7 nitrogen and oxygen atoms in total. The van der Waals surface area contributed by atoms with E-state index in [2.05, 4.69) is 15.0 Å². The van der Waals surface area contributed by atoms with Crippen molar-refractivity contribution < 1.29 is 18.3 Å². The second kappa shape index (κ2) is 6.64. The van der Waals surface area contributed by atoms with Crippen LogP contribution in [0, 0.1) is 23.2 Å². The predicted octanol–water partition coefficient (Wildman–Crippen LogP) is 1.81. The number of carbonyl (C=O) groups is 1. The topological polar surface area (TPSA) is 114 Å². The van der Waals surface area contributed by atoms with E-state index in [4.69, 9.17) is 15.7 Å². The summed E-state index contributed by atoms with van der Waals surface area (Å²) in [6, 6.07) is 6.07.